The fraction of sp³-hybridized carbons (Fsp3) is 0.667. The first-order chi connectivity index (χ1) is 13.9. The Labute approximate surface area is 182 Å². The van der Waals surface area contributed by atoms with E-state index in [0.717, 1.165) is 0 Å². The molecule has 2 rings (SSSR count). The maximum Gasteiger partial charge on any atom is 0.224 e. The van der Waals surface area contributed by atoms with E-state index in [1.165, 1.54) is 4.68 Å². The van der Waals surface area contributed by atoms with Crippen molar-refractivity contribution in [3.8, 4) is 6.07 Å². The molecule has 0 spiro atoms. The molecule has 0 radical (unpaired) electrons. The van der Waals surface area contributed by atoms with Gasteiger partial charge in [0, 0.05) is 31.8 Å². The third-order valence-corrected chi connectivity index (χ3v) is 5.68. The highest BCUT2D eigenvalue weighted by Gasteiger charge is 2.33. The molecule has 1 aliphatic rings. The van der Waals surface area contributed by atoms with Crippen LogP contribution < -0.4 is 10.6 Å². The van der Waals surface area contributed by atoms with Crippen molar-refractivity contribution >= 4 is 29.2 Å². The summed E-state index contributed by atoms with van der Waals surface area (Å²) in [6, 6.07) is 1.29. The first kappa shape index (κ1) is 23.9. The van der Waals surface area contributed by atoms with Gasteiger partial charge in [-0.3, -0.25) is 19.1 Å². The Kier molecular flexibility index (Phi) is 7.64. The van der Waals surface area contributed by atoms with Gasteiger partial charge in [-0.1, -0.05) is 32.4 Å². The van der Waals surface area contributed by atoms with Crippen molar-refractivity contribution in [3.63, 3.8) is 0 Å². The molecular formula is C21H30ClN5O3. The number of amides is 2. The standard InChI is InChI=1S/C21H30ClN5O3/c1-12-17(22)18(27(5)26-12)16(28)9-14(10-21(2,3)4)20(30)25-15(11-23)8-13-6-7-24-19(13)29/h13-15H,6-10H2,1-5H3,(H,24,29)(H,25,30)/t13-,14-,15-/m0/s1. The maximum atomic E-state index is 13.0. The number of nitrogens with zero attached hydrogens (tertiary/aromatic N) is 3. The molecule has 1 aromatic heterocycles. The smallest absolute Gasteiger partial charge is 0.224 e. The number of carbonyl (C=O) groups excluding carboxylic acids is 3. The van der Waals surface area contributed by atoms with Crippen LogP contribution >= 0.6 is 11.6 Å². The van der Waals surface area contributed by atoms with Gasteiger partial charge in [0.1, 0.15) is 11.7 Å². The predicted octanol–water partition coefficient (Wildman–Crippen LogP) is 2.54. The highest BCUT2D eigenvalue weighted by atomic mass is 35.5. The zero-order valence-corrected chi connectivity index (χ0v) is 19.0. The Bertz CT molecular complexity index is 865. The molecule has 0 saturated carbocycles. The first-order valence-electron chi connectivity index (χ1n) is 10.1. The number of hydrogen-bond donors (Lipinski definition) is 2. The number of ketones is 1. The molecule has 2 N–H and O–H groups in total. The average Bonchev–Trinajstić information content (AvgIpc) is 3.14. The summed E-state index contributed by atoms with van der Waals surface area (Å²) in [5, 5.41) is 19.4. The number of aryl methyl sites for hydroxylation is 2. The Balaban J connectivity index is 2.14. The molecule has 1 aromatic rings. The van der Waals surface area contributed by atoms with Gasteiger partial charge in [-0.2, -0.15) is 10.4 Å². The van der Waals surface area contributed by atoms with Crippen molar-refractivity contribution < 1.29 is 14.4 Å². The second-order valence-corrected chi connectivity index (χ2v) is 9.54. The number of rotatable bonds is 8. The van der Waals surface area contributed by atoms with E-state index in [0.29, 0.717) is 30.1 Å². The average molecular weight is 436 g/mol. The van der Waals surface area contributed by atoms with Crippen molar-refractivity contribution in [1.82, 2.24) is 20.4 Å². The largest absolute Gasteiger partial charge is 0.356 e. The van der Waals surface area contributed by atoms with Crippen LogP contribution in [0.1, 0.15) is 62.6 Å². The number of nitrogens with one attached hydrogen (secondary N) is 2. The van der Waals surface area contributed by atoms with Crippen molar-refractivity contribution in [3.05, 3.63) is 16.4 Å². The summed E-state index contributed by atoms with van der Waals surface area (Å²) >= 11 is 6.24. The molecule has 0 aliphatic carbocycles. The minimum absolute atomic E-state index is 0.0378. The zero-order chi connectivity index (χ0) is 22.6. The number of Topliss-reactive ketones (excluding diaryl/α,β-unsaturated/α-hetero) is 1. The summed E-state index contributed by atoms with van der Waals surface area (Å²) in [6.45, 7) is 8.27. The van der Waals surface area contributed by atoms with Crippen LogP contribution in [0.5, 0.6) is 0 Å². The first-order valence-corrected chi connectivity index (χ1v) is 10.5. The molecule has 2 amide bonds. The molecule has 0 unspecified atom stereocenters. The van der Waals surface area contributed by atoms with E-state index in [-0.39, 0.29) is 47.5 Å². The van der Waals surface area contributed by atoms with E-state index in [1.54, 1.807) is 14.0 Å². The quantitative estimate of drug-likeness (QED) is 0.608. The fourth-order valence-electron chi connectivity index (χ4n) is 3.84. The van der Waals surface area contributed by atoms with Crippen LogP contribution in [-0.2, 0) is 16.6 Å². The lowest BCUT2D eigenvalue weighted by atomic mass is 9.81. The highest BCUT2D eigenvalue weighted by Crippen LogP contribution is 2.29. The van der Waals surface area contributed by atoms with Gasteiger partial charge in [-0.05, 0) is 31.6 Å². The van der Waals surface area contributed by atoms with E-state index in [9.17, 15) is 19.6 Å². The summed E-state index contributed by atoms with van der Waals surface area (Å²) < 4.78 is 1.43. The van der Waals surface area contributed by atoms with Crippen molar-refractivity contribution in [2.75, 3.05) is 6.54 Å². The van der Waals surface area contributed by atoms with E-state index in [4.69, 9.17) is 11.6 Å². The van der Waals surface area contributed by atoms with Gasteiger partial charge in [-0.15, -0.1) is 0 Å². The second-order valence-electron chi connectivity index (χ2n) is 9.16. The topological polar surface area (TPSA) is 117 Å². The third kappa shape index (κ3) is 6.05. The van der Waals surface area contributed by atoms with Crippen LogP contribution in [0.3, 0.4) is 0 Å². The lowest BCUT2D eigenvalue weighted by Crippen LogP contribution is -2.41. The van der Waals surface area contributed by atoms with E-state index in [2.05, 4.69) is 21.8 Å². The molecule has 9 heteroatoms. The second kappa shape index (κ2) is 9.61. The Morgan fingerprint density at radius 3 is 2.57 bits per heavy atom. The SMILES string of the molecule is Cc1nn(C)c(C(=O)C[C@@H](CC(C)(C)C)C(=O)N[C@H](C#N)C[C@@H]2CCNC2=O)c1Cl. The van der Waals surface area contributed by atoms with Crippen molar-refractivity contribution in [2.45, 2.75) is 59.4 Å². The minimum Gasteiger partial charge on any atom is -0.356 e. The lowest BCUT2D eigenvalue weighted by molar-refractivity contribution is -0.127. The van der Waals surface area contributed by atoms with Crippen LogP contribution in [-0.4, -0.2) is 40.0 Å². The van der Waals surface area contributed by atoms with E-state index >= 15 is 0 Å². The lowest BCUT2D eigenvalue weighted by Gasteiger charge is -2.26. The Morgan fingerprint density at radius 2 is 2.10 bits per heavy atom. The summed E-state index contributed by atoms with van der Waals surface area (Å²) in [5.74, 6) is -1.63. The molecular weight excluding hydrogens is 406 g/mol. The fourth-order valence-corrected chi connectivity index (χ4v) is 4.11. The van der Waals surface area contributed by atoms with Crippen LogP contribution in [0.2, 0.25) is 5.02 Å². The van der Waals surface area contributed by atoms with Crippen LogP contribution in [0.15, 0.2) is 0 Å². The van der Waals surface area contributed by atoms with E-state index in [1.807, 2.05) is 20.8 Å². The highest BCUT2D eigenvalue weighted by molar-refractivity contribution is 6.34. The summed E-state index contributed by atoms with van der Waals surface area (Å²) in [5.41, 5.74) is 0.626. The van der Waals surface area contributed by atoms with Crippen LogP contribution in [0, 0.1) is 35.5 Å². The van der Waals surface area contributed by atoms with Gasteiger partial charge in [0.15, 0.2) is 5.78 Å². The van der Waals surface area contributed by atoms with Gasteiger partial charge in [0.05, 0.1) is 16.8 Å². The van der Waals surface area contributed by atoms with Gasteiger partial charge in [0.2, 0.25) is 11.8 Å². The van der Waals surface area contributed by atoms with Gasteiger partial charge in [-0.25, -0.2) is 0 Å². The molecule has 30 heavy (non-hydrogen) atoms. The number of aromatic nitrogens is 2. The monoisotopic (exact) mass is 435 g/mol. The molecule has 1 saturated heterocycles. The van der Waals surface area contributed by atoms with Gasteiger partial charge in [0.25, 0.3) is 0 Å². The van der Waals surface area contributed by atoms with Crippen LogP contribution in [0.4, 0.5) is 0 Å². The minimum atomic E-state index is -0.786. The molecule has 1 fully saturated rings. The van der Waals surface area contributed by atoms with Crippen molar-refractivity contribution in [1.29, 1.82) is 5.26 Å². The number of carbonyl (C=O) groups is 3. The molecule has 1 aliphatic heterocycles. The van der Waals surface area contributed by atoms with Gasteiger partial charge < -0.3 is 10.6 Å². The zero-order valence-electron chi connectivity index (χ0n) is 18.2. The number of nitriles is 1. The number of halogens is 1. The van der Waals surface area contributed by atoms with Crippen LogP contribution in [0.25, 0.3) is 0 Å². The molecule has 0 aromatic carbocycles. The third-order valence-electron chi connectivity index (χ3n) is 5.23. The van der Waals surface area contributed by atoms with E-state index < -0.39 is 12.0 Å². The summed E-state index contributed by atoms with van der Waals surface area (Å²) in [4.78, 5) is 37.8. The Morgan fingerprint density at radius 1 is 1.43 bits per heavy atom. The summed E-state index contributed by atoms with van der Waals surface area (Å²) in [7, 11) is 1.64. The predicted molar refractivity (Wildman–Crippen MR) is 113 cm³/mol. The molecule has 164 valence electrons. The van der Waals surface area contributed by atoms with Gasteiger partial charge >= 0.3 is 0 Å². The molecule has 0 bridgehead atoms. The summed E-state index contributed by atoms with van der Waals surface area (Å²) in [6.07, 6.45) is 1.33. The number of hydrogen-bond acceptors (Lipinski definition) is 5. The maximum absolute atomic E-state index is 13.0. The normalized spacial score (nSPS) is 18.4. The molecule has 8 nitrogen and oxygen atoms in total. The van der Waals surface area contributed by atoms with Crippen molar-refractivity contribution in [2.24, 2.45) is 24.3 Å². The molecule has 2 heterocycles. The Hall–Kier alpha value is -2.40. The molecule has 3 atom stereocenters.